The number of rotatable bonds is 5. The van der Waals surface area contributed by atoms with E-state index in [1.807, 2.05) is 29.6 Å². The van der Waals surface area contributed by atoms with Crippen LogP contribution in [0, 0.1) is 5.92 Å². The number of carbonyl (C=O) groups is 2. The molecule has 2 heterocycles. The van der Waals surface area contributed by atoms with Crippen LogP contribution in [-0.2, 0) is 9.59 Å². The van der Waals surface area contributed by atoms with Crippen LogP contribution < -0.4 is 15.1 Å². The molecule has 24 heavy (non-hydrogen) atoms. The van der Waals surface area contributed by atoms with Crippen molar-refractivity contribution < 1.29 is 14.3 Å². The first-order valence-corrected chi connectivity index (χ1v) is 8.36. The maximum Gasteiger partial charge on any atom is 0.245 e. The van der Waals surface area contributed by atoms with E-state index in [4.69, 9.17) is 4.74 Å². The molecular formula is C17H17N3O3S. The predicted molar refractivity (Wildman–Crippen MR) is 93.5 cm³/mol. The number of hydrazone groups is 1. The Labute approximate surface area is 143 Å². The van der Waals surface area contributed by atoms with Gasteiger partial charge in [-0.1, -0.05) is 6.07 Å². The fourth-order valence-corrected chi connectivity index (χ4v) is 3.10. The van der Waals surface area contributed by atoms with Crippen molar-refractivity contribution in [3.63, 3.8) is 0 Å². The van der Waals surface area contributed by atoms with Gasteiger partial charge < -0.3 is 9.64 Å². The summed E-state index contributed by atoms with van der Waals surface area (Å²) in [6, 6.07) is 11.0. The standard InChI is InChI=1S/C17H17N3O3S/c1-23-14-6-4-13(5-7-14)20-11-12(9-16(20)21)17(22)19-18-10-15-3-2-8-24-15/h2-8,10,12H,9,11H2,1H3,(H,19,22)/b18-10+/t12-/m0/s1. The summed E-state index contributed by atoms with van der Waals surface area (Å²) in [4.78, 5) is 26.9. The van der Waals surface area contributed by atoms with Gasteiger partial charge in [0, 0.05) is 23.5 Å². The summed E-state index contributed by atoms with van der Waals surface area (Å²) in [6.07, 6.45) is 1.78. The SMILES string of the molecule is COc1ccc(N2C[C@@H](C(=O)N/N=C/c3cccs3)CC2=O)cc1. The molecule has 0 unspecified atom stereocenters. The molecule has 0 radical (unpaired) electrons. The number of hydrogen-bond donors (Lipinski definition) is 1. The van der Waals surface area contributed by atoms with Gasteiger partial charge in [0.15, 0.2) is 0 Å². The van der Waals surface area contributed by atoms with Crippen molar-refractivity contribution in [1.29, 1.82) is 0 Å². The molecule has 1 atom stereocenters. The van der Waals surface area contributed by atoms with Crippen molar-refractivity contribution in [3.05, 3.63) is 46.7 Å². The van der Waals surface area contributed by atoms with Gasteiger partial charge in [0.05, 0.1) is 19.2 Å². The van der Waals surface area contributed by atoms with Gasteiger partial charge in [-0.15, -0.1) is 11.3 Å². The molecule has 6 nitrogen and oxygen atoms in total. The lowest BCUT2D eigenvalue weighted by atomic mass is 10.1. The number of amides is 2. The third kappa shape index (κ3) is 3.62. The molecule has 1 saturated heterocycles. The summed E-state index contributed by atoms with van der Waals surface area (Å²) in [6.45, 7) is 0.353. The Balaban J connectivity index is 1.60. The number of benzene rings is 1. The van der Waals surface area contributed by atoms with Crippen molar-refractivity contribution in [1.82, 2.24) is 5.43 Å². The van der Waals surface area contributed by atoms with Crippen LogP contribution in [0.4, 0.5) is 5.69 Å². The van der Waals surface area contributed by atoms with Gasteiger partial charge in [-0.25, -0.2) is 5.43 Å². The Morgan fingerprint density at radius 3 is 2.83 bits per heavy atom. The molecule has 124 valence electrons. The second kappa shape index (κ2) is 7.27. The fraction of sp³-hybridized carbons (Fsp3) is 0.235. The number of nitrogens with zero attached hydrogens (tertiary/aromatic N) is 2. The van der Waals surface area contributed by atoms with Crippen LogP contribution >= 0.6 is 11.3 Å². The van der Waals surface area contributed by atoms with Crippen molar-refractivity contribution in [2.75, 3.05) is 18.6 Å². The van der Waals surface area contributed by atoms with Crippen molar-refractivity contribution >= 4 is 35.1 Å². The molecule has 7 heteroatoms. The quantitative estimate of drug-likeness (QED) is 0.669. The highest BCUT2D eigenvalue weighted by Gasteiger charge is 2.35. The largest absolute Gasteiger partial charge is 0.497 e. The molecule has 0 bridgehead atoms. The van der Waals surface area contributed by atoms with Crippen LogP contribution in [0.1, 0.15) is 11.3 Å². The summed E-state index contributed by atoms with van der Waals surface area (Å²) < 4.78 is 5.11. The van der Waals surface area contributed by atoms with Crippen LogP contribution in [-0.4, -0.2) is 31.7 Å². The zero-order chi connectivity index (χ0) is 16.9. The molecule has 1 fully saturated rings. The molecular weight excluding hydrogens is 326 g/mol. The highest BCUT2D eigenvalue weighted by atomic mass is 32.1. The van der Waals surface area contributed by atoms with Crippen LogP contribution in [0.15, 0.2) is 46.9 Å². The first-order valence-electron chi connectivity index (χ1n) is 7.48. The normalized spacial score (nSPS) is 17.5. The fourth-order valence-electron chi connectivity index (χ4n) is 2.51. The number of methoxy groups -OCH3 is 1. The monoisotopic (exact) mass is 343 g/mol. The second-order valence-corrected chi connectivity index (χ2v) is 6.33. The molecule has 1 aliphatic rings. The van der Waals surface area contributed by atoms with Crippen LogP contribution in [0.3, 0.4) is 0 Å². The Hall–Kier alpha value is -2.67. The summed E-state index contributed by atoms with van der Waals surface area (Å²) in [5.41, 5.74) is 3.27. The van der Waals surface area contributed by atoms with Gasteiger partial charge in [-0.3, -0.25) is 9.59 Å². The minimum Gasteiger partial charge on any atom is -0.497 e. The molecule has 0 aliphatic carbocycles. The van der Waals surface area contributed by atoms with E-state index in [9.17, 15) is 9.59 Å². The van der Waals surface area contributed by atoms with Crippen molar-refractivity contribution in [2.24, 2.45) is 11.0 Å². The molecule has 1 aromatic heterocycles. The molecule has 0 spiro atoms. The number of thiophene rings is 1. The molecule has 1 N–H and O–H groups in total. The smallest absolute Gasteiger partial charge is 0.245 e. The maximum atomic E-state index is 12.2. The number of ether oxygens (including phenoxy) is 1. The second-order valence-electron chi connectivity index (χ2n) is 5.35. The maximum absolute atomic E-state index is 12.2. The summed E-state index contributed by atoms with van der Waals surface area (Å²) in [5, 5.41) is 5.88. The van der Waals surface area contributed by atoms with Crippen molar-refractivity contribution in [2.45, 2.75) is 6.42 Å². The van der Waals surface area contributed by atoms with E-state index in [0.29, 0.717) is 6.54 Å². The Morgan fingerprint density at radius 1 is 1.38 bits per heavy atom. The van der Waals surface area contributed by atoms with Crippen LogP contribution in [0.5, 0.6) is 5.75 Å². The zero-order valence-electron chi connectivity index (χ0n) is 13.1. The molecule has 1 aromatic carbocycles. The highest BCUT2D eigenvalue weighted by molar-refractivity contribution is 7.11. The van der Waals surface area contributed by atoms with Gasteiger partial charge in [-0.05, 0) is 35.7 Å². The third-order valence-electron chi connectivity index (χ3n) is 3.79. The average Bonchev–Trinajstić information content (AvgIpc) is 3.24. The van der Waals surface area contributed by atoms with Crippen molar-refractivity contribution in [3.8, 4) is 5.75 Å². The highest BCUT2D eigenvalue weighted by Crippen LogP contribution is 2.26. The minimum atomic E-state index is -0.403. The van der Waals surface area contributed by atoms with E-state index in [0.717, 1.165) is 16.3 Å². The van der Waals surface area contributed by atoms with Gasteiger partial charge in [0.1, 0.15) is 5.75 Å². The Bertz CT molecular complexity index is 741. The number of carbonyl (C=O) groups excluding carboxylic acids is 2. The summed E-state index contributed by atoms with van der Waals surface area (Å²) >= 11 is 1.53. The van der Waals surface area contributed by atoms with Gasteiger partial charge in [0.2, 0.25) is 11.8 Å². The summed E-state index contributed by atoms with van der Waals surface area (Å²) in [5.74, 6) is 0.0115. The molecule has 0 saturated carbocycles. The summed E-state index contributed by atoms with van der Waals surface area (Å²) in [7, 11) is 1.59. The average molecular weight is 343 g/mol. The van der Waals surface area contributed by atoms with E-state index < -0.39 is 5.92 Å². The van der Waals surface area contributed by atoms with Crippen LogP contribution in [0.2, 0.25) is 0 Å². The number of anilines is 1. The Kier molecular flexibility index (Phi) is 4.90. The van der Waals surface area contributed by atoms with E-state index in [1.165, 1.54) is 11.3 Å². The van der Waals surface area contributed by atoms with E-state index >= 15 is 0 Å². The molecule has 3 rings (SSSR count). The number of nitrogens with one attached hydrogen (secondary N) is 1. The topological polar surface area (TPSA) is 71.0 Å². The van der Waals surface area contributed by atoms with Gasteiger partial charge in [-0.2, -0.15) is 5.10 Å². The molecule has 2 amide bonds. The minimum absolute atomic E-state index is 0.0671. The predicted octanol–water partition coefficient (Wildman–Crippen LogP) is 2.26. The van der Waals surface area contributed by atoms with Gasteiger partial charge in [0.25, 0.3) is 0 Å². The zero-order valence-corrected chi connectivity index (χ0v) is 14.0. The Morgan fingerprint density at radius 2 is 2.17 bits per heavy atom. The van der Waals surface area contributed by atoms with E-state index in [1.54, 1.807) is 30.4 Å². The lowest BCUT2D eigenvalue weighted by Crippen LogP contribution is -2.30. The van der Waals surface area contributed by atoms with Gasteiger partial charge >= 0.3 is 0 Å². The molecule has 1 aliphatic heterocycles. The third-order valence-corrected chi connectivity index (χ3v) is 4.60. The van der Waals surface area contributed by atoms with Crippen LogP contribution in [0.25, 0.3) is 0 Å². The lowest BCUT2D eigenvalue weighted by Gasteiger charge is -2.16. The number of hydrogen-bond acceptors (Lipinski definition) is 5. The first-order chi connectivity index (χ1) is 11.7. The van der Waals surface area contributed by atoms with E-state index in [2.05, 4.69) is 10.5 Å². The lowest BCUT2D eigenvalue weighted by molar-refractivity contribution is -0.126. The molecule has 2 aromatic rings. The first kappa shape index (κ1) is 16.2. The van der Waals surface area contributed by atoms with E-state index in [-0.39, 0.29) is 18.2 Å².